The number of hydrogen-bond donors (Lipinski definition) is 1. The summed E-state index contributed by atoms with van der Waals surface area (Å²) in [5.74, 6) is 0.0221. The summed E-state index contributed by atoms with van der Waals surface area (Å²) in [6.07, 6.45) is 3.31. The van der Waals surface area contributed by atoms with Crippen molar-refractivity contribution in [2.75, 3.05) is 6.54 Å². The molecule has 1 N–H and O–H groups in total. The lowest BCUT2D eigenvalue weighted by Crippen LogP contribution is -2.22. The van der Waals surface area contributed by atoms with Crippen LogP contribution < -0.4 is 5.32 Å². The van der Waals surface area contributed by atoms with Crippen molar-refractivity contribution in [2.45, 2.75) is 38.8 Å². The van der Waals surface area contributed by atoms with Gasteiger partial charge in [0.15, 0.2) is 0 Å². The third-order valence-corrected chi connectivity index (χ3v) is 3.48. The summed E-state index contributed by atoms with van der Waals surface area (Å²) < 4.78 is 1.90. The first kappa shape index (κ1) is 13.4. The lowest BCUT2D eigenvalue weighted by atomic mass is 10.1. The standard InChI is InChI=1S/C14H19ClN2O/c1-11(18)16-9-8-12-2-4-13(5-3-12)10-17(15)14-6-7-14/h2-5,14H,6-10H2,1H3,(H,16,18). The molecule has 0 heterocycles. The van der Waals surface area contributed by atoms with Gasteiger partial charge in [-0.1, -0.05) is 24.3 Å². The largest absolute Gasteiger partial charge is 0.356 e. The number of carbonyl (C=O) groups is 1. The van der Waals surface area contributed by atoms with Crippen molar-refractivity contribution < 1.29 is 4.79 Å². The summed E-state index contributed by atoms with van der Waals surface area (Å²) >= 11 is 6.16. The van der Waals surface area contributed by atoms with E-state index in [-0.39, 0.29) is 5.91 Å². The van der Waals surface area contributed by atoms with Crippen molar-refractivity contribution in [3.63, 3.8) is 0 Å². The van der Waals surface area contributed by atoms with Crippen molar-refractivity contribution >= 4 is 17.7 Å². The lowest BCUT2D eigenvalue weighted by Gasteiger charge is -2.12. The Bertz CT molecular complexity index is 401. The van der Waals surface area contributed by atoms with Gasteiger partial charge in [-0.05, 0) is 42.2 Å². The van der Waals surface area contributed by atoms with Crippen LogP contribution >= 0.6 is 11.8 Å². The van der Waals surface area contributed by atoms with Gasteiger partial charge in [0.2, 0.25) is 5.91 Å². The van der Waals surface area contributed by atoms with E-state index in [0.717, 1.165) is 13.0 Å². The van der Waals surface area contributed by atoms with Crippen LogP contribution in [0.4, 0.5) is 0 Å². The summed E-state index contributed by atoms with van der Waals surface area (Å²) in [6, 6.07) is 9.01. The first-order chi connectivity index (χ1) is 8.65. The Morgan fingerprint density at radius 1 is 1.33 bits per heavy atom. The van der Waals surface area contributed by atoms with Crippen molar-refractivity contribution in [1.82, 2.24) is 9.74 Å². The highest BCUT2D eigenvalue weighted by Crippen LogP contribution is 2.29. The first-order valence-corrected chi connectivity index (χ1v) is 6.73. The van der Waals surface area contributed by atoms with Gasteiger partial charge in [-0.2, -0.15) is 0 Å². The van der Waals surface area contributed by atoms with Crippen LogP contribution in [0, 0.1) is 0 Å². The summed E-state index contributed by atoms with van der Waals surface area (Å²) in [5.41, 5.74) is 2.47. The molecule has 0 aliphatic heterocycles. The van der Waals surface area contributed by atoms with Gasteiger partial charge in [0.05, 0.1) is 0 Å². The molecule has 2 rings (SSSR count). The predicted octanol–water partition coefficient (Wildman–Crippen LogP) is 2.48. The van der Waals surface area contributed by atoms with Gasteiger partial charge in [0.1, 0.15) is 0 Å². The molecule has 1 aliphatic rings. The van der Waals surface area contributed by atoms with Crippen LogP contribution in [-0.2, 0) is 17.8 Å². The normalized spacial score (nSPS) is 14.8. The molecule has 3 nitrogen and oxygen atoms in total. The number of rotatable bonds is 6. The van der Waals surface area contributed by atoms with Gasteiger partial charge in [-0.3, -0.25) is 4.79 Å². The van der Waals surface area contributed by atoms with Crippen LogP contribution in [0.2, 0.25) is 0 Å². The molecule has 0 radical (unpaired) electrons. The van der Waals surface area contributed by atoms with Crippen LogP contribution in [0.25, 0.3) is 0 Å². The van der Waals surface area contributed by atoms with E-state index < -0.39 is 0 Å². The van der Waals surface area contributed by atoms with Gasteiger partial charge >= 0.3 is 0 Å². The minimum absolute atomic E-state index is 0.0221. The first-order valence-electron chi connectivity index (χ1n) is 6.40. The van der Waals surface area contributed by atoms with Crippen LogP contribution in [0.15, 0.2) is 24.3 Å². The lowest BCUT2D eigenvalue weighted by molar-refractivity contribution is -0.118. The Morgan fingerprint density at radius 3 is 2.50 bits per heavy atom. The number of hydrogen-bond acceptors (Lipinski definition) is 2. The van der Waals surface area contributed by atoms with E-state index in [0.29, 0.717) is 12.6 Å². The number of benzene rings is 1. The van der Waals surface area contributed by atoms with Crippen molar-refractivity contribution in [2.24, 2.45) is 0 Å². The molecular formula is C14H19ClN2O. The smallest absolute Gasteiger partial charge is 0.216 e. The molecule has 0 unspecified atom stereocenters. The SMILES string of the molecule is CC(=O)NCCc1ccc(CN(Cl)C2CC2)cc1. The van der Waals surface area contributed by atoms with Gasteiger partial charge in [0.25, 0.3) is 0 Å². The van der Waals surface area contributed by atoms with E-state index in [2.05, 4.69) is 29.6 Å². The second-order valence-electron chi connectivity index (χ2n) is 4.84. The molecule has 4 heteroatoms. The summed E-state index contributed by atoms with van der Waals surface area (Å²) in [5, 5.41) is 2.80. The fourth-order valence-corrected chi connectivity index (χ4v) is 2.19. The second kappa shape index (κ2) is 6.21. The van der Waals surface area contributed by atoms with Crippen LogP contribution in [0.3, 0.4) is 0 Å². The molecule has 0 saturated heterocycles. The molecule has 1 aliphatic carbocycles. The molecule has 0 atom stereocenters. The maximum atomic E-state index is 10.7. The Morgan fingerprint density at radius 2 is 1.94 bits per heavy atom. The highest BCUT2D eigenvalue weighted by Gasteiger charge is 2.27. The molecular weight excluding hydrogens is 248 g/mol. The summed E-state index contributed by atoms with van der Waals surface area (Å²) in [7, 11) is 0. The Balaban J connectivity index is 1.79. The number of halogens is 1. The zero-order valence-corrected chi connectivity index (χ0v) is 11.4. The summed E-state index contributed by atoms with van der Waals surface area (Å²) in [6.45, 7) is 3.03. The third kappa shape index (κ3) is 4.31. The Hall–Kier alpha value is -1.06. The van der Waals surface area contributed by atoms with Gasteiger partial charge in [0, 0.05) is 26.1 Å². The Labute approximate surface area is 113 Å². The van der Waals surface area contributed by atoms with E-state index in [4.69, 9.17) is 11.8 Å². The molecule has 18 heavy (non-hydrogen) atoms. The Kier molecular flexibility index (Phi) is 4.61. The predicted molar refractivity (Wildman–Crippen MR) is 73.2 cm³/mol. The average Bonchev–Trinajstić information content (AvgIpc) is 3.15. The van der Waals surface area contributed by atoms with E-state index in [1.807, 2.05) is 4.42 Å². The minimum atomic E-state index is 0.0221. The van der Waals surface area contributed by atoms with Crippen molar-refractivity contribution in [3.8, 4) is 0 Å². The molecule has 1 fully saturated rings. The zero-order valence-electron chi connectivity index (χ0n) is 10.7. The molecule has 1 saturated carbocycles. The van der Waals surface area contributed by atoms with Crippen molar-refractivity contribution in [3.05, 3.63) is 35.4 Å². The topological polar surface area (TPSA) is 32.3 Å². The summed E-state index contributed by atoms with van der Waals surface area (Å²) in [4.78, 5) is 10.7. The van der Waals surface area contributed by atoms with Gasteiger partial charge in [-0.25, -0.2) is 4.42 Å². The third-order valence-electron chi connectivity index (χ3n) is 3.09. The molecule has 1 aromatic carbocycles. The zero-order chi connectivity index (χ0) is 13.0. The van der Waals surface area contributed by atoms with E-state index >= 15 is 0 Å². The molecule has 0 bridgehead atoms. The number of amides is 1. The van der Waals surface area contributed by atoms with Crippen LogP contribution in [0.5, 0.6) is 0 Å². The fourth-order valence-electron chi connectivity index (χ4n) is 1.85. The molecule has 0 aromatic heterocycles. The van der Waals surface area contributed by atoms with Gasteiger partial charge < -0.3 is 5.32 Å². The maximum Gasteiger partial charge on any atom is 0.216 e. The average molecular weight is 267 g/mol. The van der Waals surface area contributed by atoms with Crippen molar-refractivity contribution in [1.29, 1.82) is 0 Å². The van der Waals surface area contributed by atoms with E-state index in [1.54, 1.807) is 0 Å². The number of nitrogens with one attached hydrogen (secondary N) is 1. The molecule has 98 valence electrons. The minimum Gasteiger partial charge on any atom is -0.356 e. The highest BCUT2D eigenvalue weighted by molar-refractivity contribution is 6.13. The fraction of sp³-hybridized carbons (Fsp3) is 0.500. The highest BCUT2D eigenvalue weighted by atomic mass is 35.5. The molecule has 0 spiro atoms. The quantitative estimate of drug-likeness (QED) is 0.803. The van der Waals surface area contributed by atoms with E-state index in [1.165, 1.54) is 30.9 Å². The van der Waals surface area contributed by atoms with Crippen LogP contribution in [-0.4, -0.2) is 22.9 Å². The molecule has 1 amide bonds. The number of nitrogens with zero attached hydrogens (tertiary/aromatic N) is 1. The maximum absolute atomic E-state index is 10.7. The number of carbonyl (C=O) groups excluding carboxylic acids is 1. The monoisotopic (exact) mass is 266 g/mol. The molecule has 1 aromatic rings. The van der Waals surface area contributed by atoms with E-state index in [9.17, 15) is 4.79 Å². The van der Waals surface area contributed by atoms with Crippen LogP contribution in [0.1, 0.15) is 30.9 Å². The van der Waals surface area contributed by atoms with Gasteiger partial charge in [-0.15, -0.1) is 0 Å². The second-order valence-corrected chi connectivity index (χ2v) is 5.27.